The van der Waals surface area contributed by atoms with Crippen LogP contribution in [0.3, 0.4) is 0 Å². The Morgan fingerprint density at radius 3 is 2.92 bits per heavy atom. The first kappa shape index (κ1) is 19.1. The molecule has 1 saturated heterocycles. The Labute approximate surface area is 165 Å². The van der Waals surface area contributed by atoms with Crippen LogP contribution in [0.2, 0.25) is 0 Å². The zero-order valence-electron chi connectivity index (χ0n) is 14.9. The number of carbonyl (C=O) groups excluding carboxylic acids is 1. The molecule has 1 aliphatic heterocycles. The third-order valence-electron chi connectivity index (χ3n) is 4.51. The molecule has 1 amide bonds. The Morgan fingerprint density at radius 1 is 1.42 bits per heavy atom. The Kier molecular flexibility index (Phi) is 6.13. The summed E-state index contributed by atoms with van der Waals surface area (Å²) in [5, 5.41) is 9.49. The molecule has 6 nitrogen and oxygen atoms in total. The Balaban J connectivity index is 1.73. The van der Waals surface area contributed by atoms with Crippen LogP contribution in [0.25, 0.3) is 0 Å². The van der Waals surface area contributed by atoms with E-state index >= 15 is 0 Å². The molecule has 3 heterocycles. The van der Waals surface area contributed by atoms with Crippen molar-refractivity contribution in [1.82, 2.24) is 15.1 Å². The van der Waals surface area contributed by atoms with Gasteiger partial charge in [-0.1, -0.05) is 0 Å². The van der Waals surface area contributed by atoms with E-state index in [0.717, 1.165) is 36.1 Å². The lowest BCUT2D eigenvalue weighted by Gasteiger charge is -2.36. The van der Waals surface area contributed by atoms with Crippen LogP contribution in [0.1, 0.15) is 48.8 Å². The minimum atomic E-state index is -0.0890. The van der Waals surface area contributed by atoms with Crippen LogP contribution in [-0.2, 0) is 0 Å². The molecule has 1 N–H and O–H groups in total. The molecule has 0 aromatic carbocycles. The van der Waals surface area contributed by atoms with Crippen LogP contribution >= 0.6 is 27.3 Å². The zero-order chi connectivity index (χ0) is 18.7. The number of piperidine rings is 1. The maximum atomic E-state index is 12.3. The van der Waals surface area contributed by atoms with E-state index in [4.69, 9.17) is 0 Å². The normalized spacial score (nSPS) is 17.5. The van der Waals surface area contributed by atoms with E-state index < -0.39 is 0 Å². The highest BCUT2D eigenvalue weighted by molar-refractivity contribution is 9.10. The molecule has 1 aliphatic rings. The van der Waals surface area contributed by atoms with E-state index in [2.05, 4.69) is 31.2 Å². The van der Waals surface area contributed by atoms with E-state index in [1.54, 1.807) is 12.1 Å². The molecule has 0 radical (unpaired) electrons. The standard InChI is InChI=1S/C18H23BrN4O2S/c1-12(2)23-17(24)7-6-16(21-23)22-8-4-3-5-14(22)10-20-18(25)15-9-13(19)11-26-15/h6-7,9,11-12,14H,3-5,8,10H2,1-2H3,(H,20,25). The van der Waals surface area contributed by atoms with Gasteiger partial charge in [-0.05, 0) is 61.2 Å². The van der Waals surface area contributed by atoms with Gasteiger partial charge in [-0.3, -0.25) is 9.59 Å². The highest BCUT2D eigenvalue weighted by Gasteiger charge is 2.25. The van der Waals surface area contributed by atoms with Crippen molar-refractivity contribution < 1.29 is 4.79 Å². The number of halogens is 1. The van der Waals surface area contributed by atoms with E-state index in [1.165, 1.54) is 16.0 Å². The largest absolute Gasteiger partial charge is 0.350 e. The molecule has 0 saturated carbocycles. The van der Waals surface area contributed by atoms with E-state index in [1.807, 2.05) is 25.3 Å². The second-order valence-corrected chi connectivity index (χ2v) is 8.58. The number of thiophene rings is 1. The van der Waals surface area contributed by atoms with Crippen molar-refractivity contribution in [3.63, 3.8) is 0 Å². The van der Waals surface area contributed by atoms with Gasteiger partial charge in [0.05, 0.1) is 10.9 Å². The Bertz CT molecular complexity index is 833. The summed E-state index contributed by atoms with van der Waals surface area (Å²) in [7, 11) is 0. The number of hydrogen-bond donors (Lipinski definition) is 1. The van der Waals surface area contributed by atoms with Crippen LogP contribution in [0.15, 0.2) is 32.8 Å². The molecular weight excluding hydrogens is 416 g/mol. The summed E-state index contributed by atoms with van der Waals surface area (Å²) in [6, 6.07) is 5.40. The van der Waals surface area contributed by atoms with Crippen LogP contribution in [0, 0.1) is 0 Å². The van der Waals surface area contributed by atoms with Gasteiger partial charge in [0.25, 0.3) is 11.5 Å². The summed E-state index contributed by atoms with van der Waals surface area (Å²) >= 11 is 4.80. The summed E-state index contributed by atoms with van der Waals surface area (Å²) in [6.45, 7) is 5.35. The van der Waals surface area contributed by atoms with E-state index in [9.17, 15) is 9.59 Å². The highest BCUT2D eigenvalue weighted by atomic mass is 79.9. The number of anilines is 1. The third-order valence-corrected chi connectivity index (χ3v) is 6.20. The molecule has 0 aliphatic carbocycles. The molecule has 2 aromatic rings. The average molecular weight is 439 g/mol. The summed E-state index contributed by atoms with van der Waals surface area (Å²) in [6.07, 6.45) is 3.22. The molecule has 2 aromatic heterocycles. The van der Waals surface area contributed by atoms with Gasteiger partial charge in [0.15, 0.2) is 0 Å². The molecule has 0 bridgehead atoms. The lowest BCUT2D eigenvalue weighted by molar-refractivity contribution is 0.0953. The molecule has 1 fully saturated rings. The van der Waals surface area contributed by atoms with Crippen LogP contribution < -0.4 is 15.8 Å². The first-order valence-electron chi connectivity index (χ1n) is 8.84. The van der Waals surface area contributed by atoms with Crippen molar-refractivity contribution in [3.05, 3.63) is 43.3 Å². The van der Waals surface area contributed by atoms with Gasteiger partial charge in [-0.15, -0.1) is 11.3 Å². The fourth-order valence-corrected chi connectivity index (χ4v) is 4.53. The molecule has 3 rings (SSSR count). The average Bonchev–Trinajstić information content (AvgIpc) is 3.07. The van der Waals surface area contributed by atoms with Gasteiger partial charge in [-0.25, -0.2) is 4.68 Å². The van der Waals surface area contributed by atoms with Gasteiger partial charge in [0, 0.05) is 35.1 Å². The predicted molar refractivity (Wildman–Crippen MR) is 108 cm³/mol. The number of nitrogens with zero attached hydrogens (tertiary/aromatic N) is 3. The molecule has 140 valence electrons. The SMILES string of the molecule is CC(C)n1nc(N2CCCCC2CNC(=O)c2cc(Br)cs2)ccc1=O. The monoisotopic (exact) mass is 438 g/mol. The second kappa shape index (κ2) is 8.35. The number of rotatable bonds is 5. The first-order chi connectivity index (χ1) is 12.5. The maximum Gasteiger partial charge on any atom is 0.267 e. The van der Waals surface area contributed by atoms with Gasteiger partial charge in [-0.2, -0.15) is 5.10 Å². The zero-order valence-corrected chi connectivity index (χ0v) is 17.3. The summed E-state index contributed by atoms with van der Waals surface area (Å²) < 4.78 is 2.44. The van der Waals surface area contributed by atoms with Crippen molar-refractivity contribution in [2.45, 2.75) is 45.2 Å². The lowest BCUT2D eigenvalue weighted by atomic mass is 10.0. The second-order valence-electron chi connectivity index (χ2n) is 6.75. The van der Waals surface area contributed by atoms with Gasteiger partial charge in [0.2, 0.25) is 0 Å². The van der Waals surface area contributed by atoms with Crippen LogP contribution in [0.5, 0.6) is 0 Å². The molecule has 1 atom stereocenters. The van der Waals surface area contributed by atoms with E-state index in [-0.39, 0.29) is 23.6 Å². The molecular formula is C18H23BrN4O2S. The minimum absolute atomic E-state index is 0.0164. The van der Waals surface area contributed by atoms with Crippen LogP contribution in [-0.4, -0.2) is 34.8 Å². The number of amides is 1. The number of aromatic nitrogens is 2. The lowest BCUT2D eigenvalue weighted by Crippen LogP contribution is -2.47. The molecule has 8 heteroatoms. The molecule has 0 spiro atoms. The van der Waals surface area contributed by atoms with Crippen LogP contribution in [0.4, 0.5) is 5.82 Å². The van der Waals surface area contributed by atoms with Crippen molar-refractivity contribution in [3.8, 4) is 0 Å². The summed E-state index contributed by atoms with van der Waals surface area (Å²) in [5.74, 6) is 0.752. The fraction of sp³-hybridized carbons (Fsp3) is 0.500. The third kappa shape index (κ3) is 4.35. The van der Waals surface area contributed by atoms with Gasteiger partial charge >= 0.3 is 0 Å². The Hall–Kier alpha value is -1.67. The van der Waals surface area contributed by atoms with Crippen molar-refractivity contribution in [2.75, 3.05) is 18.0 Å². The number of hydrogen-bond acceptors (Lipinski definition) is 5. The highest BCUT2D eigenvalue weighted by Crippen LogP contribution is 2.23. The van der Waals surface area contributed by atoms with Crippen molar-refractivity contribution in [1.29, 1.82) is 0 Å². The number of carbonyl (C=O) groups is 1. The smallest absolute Gasteiger partial charge is 0.267 e. The first-order valence-corrected chi connectivity index (χ1v) is 10.5. The van der Waals surface area contributed by atoms with Gasteiger partial charge < -0.3 is 10.2 Å². The van der Waals surface area contributed by atoms with Gasteiger partial charge in [0.1, 0.15) is 5.82 Å². The predicted octanol–water partition coefficient (Wildman–Crippen LogP) is 3.44. The number of nitrogens with one attached hydrogen (secondary N) is 1. The topological polar surface area (TPSA) is 67.2 Å². The van der Waals surface area contributed by atoms with Crippen molar-refractivity contribution >= 4 is 39.0 Å². The summed E-state index contributed by atoms with van der Waals surface area (Å²) in [5.41, 5.74) is -0.0890. The van der Waals surface area contributed by atoms with Crippen molar-refractivity contribution in [2.24, 2.45) is 0 Å². The maximum absolute atomic E-state index is 12.3. The summed E-state index contributed by atoms with van der Waals surface area (Å²) in [4.78, 5) is 27.2. The fourth-order valence-electron chi connectivity index (χ4n) is 3.18. The quantitative estimate of drug-likeness (QED) is 0.775. The molecule has 1 unspecified atom stereocenters. The van der Waals surface area contributed by atoms with E-state index in [0.29, 0.717) is 11.4 Å². The molecule has 26 heavy (non-hydrogen) atoms. The minimum Gasteiger partial charge on any atom is -0.350 e. The Morgan fingerprint density at radius 2 is 2.23 bits per heavy atom.